The normalized spacial score (nSPS) is 14.8. The van der Waals surface area contributed by atoms with Crippen molar-refractivity contribution in [3.05, 3.63) is 45.4 Å². The molecule has 0 bridgehead atoms. The molecule has 1 aromatic carbocycles. The second-order valence-corrected chi connectivity index (χ2v) is 9.42. The number of rotatable bonds is 4. The molecular weight excluding hydrogens is 338 g/mol. The lowest BCUT2D eigenvalue weighted by Gasteiger charge is -2.24. The van der Waals surface area contributed by atoms with Crippen molar-refractivity contribution in [3.63, 3.8) is 0 Å². The fourth-order valence-corrected chi connectivity index (χ4v) is 3.99. The van der Waals surface area contributed by atoms with E-state index in [1.165, 1.54) is 11.3 Å². The standard InChI is InChI=1S/C15H20ClN3OS2/c1-9-13(21-14(17)18-9)12(19-22(20)15(2,3)4)10-7-5-6-8-11(10)16/h5-8,12,19H,1-4H3,(H2,17,18)/t12-,22-/m0/s1. The van der Waals surface area contributed by atoms with Crippen molar-refractivity contribution in [2.75, 3.05) is 5.73 Å². The summed E-state index contributed by atoms with van der Waals surface area (Å²) in [5, 5.41) is 1.12. The molecule has 3 N–H and O–H groups in total. The van der Waals surface area contributed by atoms with Crippen LogP contribution in [-0.2, 0) is 11.0 Å². The minimum absolute atomic E-state index is 0.302. The van der Waals surface area contributed by atoms with Crippen LogP contribution in [-0.4, -0.2) is 13.9 Å². The van der Waals surface area contributed by atoms with Gasteiger partial charge in [0.15, 0.2) is 5.13 Å². The predicted molar refractivity (Wildman–Crippen MR) is 95.6 cm³/mol. The number of aromatic nitrogens is 1. The summed E-state index contributed by atoms with van der Waals surface area (Å²) in [5.41, 5.74) is 7.51. The molecule has 0 aliphatic carbocycles. The lowest BCUT2D eigenvalue weighted by atomic mass is 10.1. The van der Waals surface area contributed by atoms with Crippen molar-refractivity contribution in [1.29, 1.82) is 0 Å². The Kier molecular flexibility index (Phi) is 5.27. The van der Waals surface area contributed by atoms with Crippen LogP contribution in [0.5, 0.6) is 0 Å². The van der Waals surface area contributed by atoms with Crippen molar-refractivity contribution in [1.82, 2.24) is 9.71 Å². The molecule has 0 amide bonds. The maximum Gasteiger partial charge on any atom is 0.180 e. The molecule has 1 heterocycles. The summed E-state index contributed by atoms with van der Waals surface area (Å²) in [4.78, 5) is 5.20. The molecule has 1 aromatic heterocycles. The molecule has 0 aliphatic heterocycles. The molecule has 7 heteroatoms. The highest BCUT2D eigenvalue weighted by Gasteiger charge is 2.28. The van der Waals surface area contributed by atoms with Gasteiger partial charge in [-0.3, -0.25) is 0 Å². The van der Waals surface area contributed by atoms with E-state index in [1.807, 2.05) is 52.0 Å². The van der Waals surface area contributed by atoms with Gasteiger partial charge < -0.3 is 5.73 Å². The molecule has 22 heavy (non-hydrogen) atoms. The van der Waals surface area contributed by atoms with Crippen molar-refractivity contribution < 1.29 is 4.21 Å². The Labute approximate surface area is 142 Å². The van der Waals surface area contributed by atoms with Gasteiger partial charge in [0.2, 0.25) is 0 Å². The maximum atomic E-state index is 12.6. The van der Waals surface area contributed by atoms with Crippen LogP contribution in [0.4, 0.5) is 5.13 Å². The number of nitrogens with one attached hydrogen (secondary N) is 1. The van der Waals surface area contributed by atoms with Crippen LogP contribution in [0.2, 0.25) is 5.02 Å². The third kappa shape index (κ3) is 3.87. The van der Waals surface area contributed by atoms with E-state index in [-0.39, 0.29) is 10.8 Å². The fourth-order valence-electron chi connectivity index (χ4n) is 1.95. The third-order valence-corrected chi connectivity index (χ3v) is 6.07. The summed E-state index contributed by atoms with van der Waals surface area (Å²) in [6.07, 6.45) is 0. The largest absolute Gasteiger partial charge is 0.375 e. The smallest absolute Gasteiger partial charge is 0.180 e. The first-order valence-corrected chi connectivity index (χ1v) is 9.20. The van der Waals surface area contributed by atoms with E-state index >= 15 is 0 Å². The Morgan fingerprint density at radius 1 is 1.36 bits per heavy atom. The molecule has 2 aromatic rings. The molecule has 0 fully saturated rings. The number of nitrogens with two attached hydrogens (primary N) is 1. The molecule has 0 unspecified atom stereocenters. The molecule has 0 saturated heterocycles. The average molecular weight is 358 g/mol. The Hall–Kier alpha value is -0.950. The van der Waals surface area contributed by atoms with Crippen LogP contribution in [0.3, 0.4) is 0 Å². The van der Waals surface area contributed by atoms with E-state index in [1.54, 1.807) is 0 Å². The monoisotopic (exact) mass is 357 g/mol. The van der Waals surface area contributed by atoms with Crippen LogP contribution in [0.25, 0.3) is 0 Å². The van der Waals surface area contributed by atoms with Gasteiger partial charge in [0.25, 0.3) is 0 Å². The molecule has 120 valence electrons. The molecular formula is C15H20ClN3OS2. The number of hydrogen-bond donors (Lipinski definition) is 2. The predicted octanol–water partition coefficient (Wildman–Crippen LogP) is 3.83. The zero-order chi connectivity index (χ0) is 16.5. The van der Waals surface area contributed by atoms with Crippen molar-refractivity contribution >= 4 is 39.1 Å². The molecule has 0 saturated carbocycles. The van der Waals surface area contributed by atoms with Crippen molar-refractivity contribution in [2.24, 2.45) is 0 Å². The zero-order valence-electron chi connectivity index (χ0n) is 13.0. The Balaban J connectivity index is 2.48. The lowest BCUT2D eigenvalue weighted by Crippen LogP contribution is -2.36. The van der Waals surface area contributed by atoms with Gasteiger partial charge in [0.05, 0.1) is 32.3 Å². The minimum atomic E-state index is -1.25. The second kappa shape index (κ2) is 6.66. The highest BCUT2D eigenvalue weighted by atomic mass is 35.5. The summed E-state index contributed by atoms with van der Waals surface area (Å²) in [6.45, 7) is 7.67. The maximum absolute atomic E-state index is 12.6. The first-order valence-electron chi connectivity index (χ1n) is 6.85. The first-order chi connectivity index (χ1) is 10.2. The Morgan fingerprint density at radius 2 is 2.00 bits per heavy atom. The van der Waals surface area contributed by atoms with E-state index in [0.717, 1.165) is 16.1 Å². The zero-order valence-corrected chi connectivity index (χ0v) is 15.4. The van der Waals surface area contributed by atoms with Gasteiger partial charge in [0, 0.05) is 5.02 Å². The van der Waals surface area contributed by atoms with Crippen LogP contribution in [0.15, 0.2) is 24.3 Å². The molecule has 0 aliphatic rings. The number of aryl methyl sites for hydroxylation is 1. The summed E-state index contributed by atoms with van der Waals surface area (Å²) < 4.78 is 15.4. The number of anilines is 1. The highest BCUT2D eigenvalue weighted by Crippen LogP contribution is 2.35. The number of hydrogen-bond acceptors (Lipinski definition) is 4. The van der Waals surface area contributed by atoms with Crippen LogP contribution in [0.1, 0.15) is 42.9 Å². The lowest BCUT2D eigenvalue weighted by molar-refractivity contribution is 0.624. The van der Waals surface area contributed by atoms with Crippen molar-refractivity contribution in [3.8, 4) is 0 Å². The van der Waals surface area contributed by atoms with E-state index < -0.39 is 11.0 Å². The van der Waals surface area contributed by atoms with Gasteiger partial charge in [0.1, 0.15) is 0 Å². The van der Waals surface area contributed by atoms with Crippen LogP contribution in [0, 0.1) is 6.92 Å². The number of nitrogen functional groups attached to an aromatic ring is 1. The summed E-state index contributed by atoms with van der Waals surface area (Å²) >= 11 is 7.73. The Morgan fingerprint density at radius 3 is 2.50 bits per heavy atom. The average Bonchev–Trinajstić information content (AvgIpc) is 2.74. The van der Waals surface area contributed by atoms with E-state index in [2.05, 4.69) is 9.71 Å². The number of benzene rings is 1. The highest BCUT2D eigenvalue weighted by molar-refractivity contribution is 7.84. The van der Waals surface area contributed by atoms with Crippen LogP contribution < -0.4 is 10.5 Å². The van der Waals surface area contributed by atoms with E-state index in [9.17, 15) is 4.21 Å². The van der Waals surface area contributed by atoms with Crippen LogP contribution >= 0.6 is 22.9 Å². The molecule has 2 atom stereocenters. The second-order valence-electron chi connectivity index (χ2n) is 5.96. The van der Waals surface area contributed by atoms with Crippen molar-refractivity contribution in [2.45, 2.75) is 38.5 Å². The van der Waals surface area contributed by atoms with Gasteiger partial charge >= 0.3 is 0 Å². The van der Waals surface area contributed by atoms with Gasteiger partial charge in [-0.05, 0) is 39.3 Å². The molecule has 0 spiro atoms. The summed E-state index contributed by atoms with van der Waals surface area (Å²) in [6, 6.07) is 7.23. The van der Waals surface area contributed by atoms with Gasteiger partial charge in [-0.2, -0.15) is 0 Å². The SMILES string of the molecule is Cc1nc(N)sc1[C@@H](N[S@@](=O)C(C)(C)C)c1ccccc1Cl. The molecule has 4 nitrogen and oxygen atoms in total. The van der Waals surface area contributed by atoms with E-state index in [0.29, 0.717) is 10.2 Å². The summed E-state index contributed by atoms with van der Waals surface area (Å²) in [5.74, 6) is 0. The molecule has 2 rings (SSSR count). The van der Waals surface area contributed by atoms with Gasteiger partial charge in [-0.25, -0.2) is 13.9 Å². The quantitative estimate of drug-likeness (QED) is 0.873. The number of nitrogens with zero attached hydrogens (tertiary/aromatic N) is 1. The first kappa shape index (κ1) is 17.4. The minimum Gasteiger partial charge on any atom is -0.375 e. The topological polar surface area (TPSA) is 68.0 Å². The summed E-state index contributed by atoms with van der Waals surface area (Å²) in [7, 11) is -1.25. The molecule has 0 radical (unpaired) electrons. The fraction of sp³-hybridized carbons (Fsp3) is 0.400. The number of thiazole rings is 1. The van der Waals surface area contributed by atoms with Gasteiger partial charge in [-0.15, -0.1) is 11.3 Å². The third-order valence-electron chi connectivity index (χ3n) is 3.11. The van der Waals surface area contributed by atoms with Gasteiger partial charge in [-0.1, -0.05) is 29.8 Å². The number of halogens is 1. The Bertz CT molecular complexity index is 694. The van der Waals surface area contributed by atoms with E-state index in [4.69, 9.17) is 17.3 Å².